The zero-order valence-corrected chi connectivity index (χ0v) is 13.4. The predicted octanol–water partition coefficient (Wildman–Crippen LogP) is 4.07. The van der Waals surface area contributed by atoms with E-state index >= 15 is 0 Å². The Morgan fingerprint density at radius 3 is 2.60 bits per heavy atom. The Hall–Kier alpha value is -1.06. The van der Waals surface area contributed by atoms with Crippen molar-refractivity contribution in [2.45, 2.75) is 39.1 Å². The molecule has 0 bridgehead atoms. The van der Waals surface area contributed by atoms with Crippen molar-refractivity contribution in [2.75, 3.05) is 19.6 Å². The fraction of sp³-hybridized carbons (Fsp3) is 0.562. The van der Waals surface area contributed by atoms with Crippen LogP contribution in [0.15, 0.2) is 24.3 Å². The maximum Gasteiger partial charge on any atom is 0.127 e. The average molecular weight is 294 g/mol. The van der Waals surface area contributed by atoms with Gasteiger partial charge in [0.1, 0.15) is 5.82 Å². The van der Waals surface area contributed by atoms with Crippen LogP contribution in [-0.4, -0.2) is 34.1 Å². The number of hydrogen-bond donors (Lipinski definition) is 0. The van der Waals surface area contributed by atoms with E-state index in [-0.39, 0.29) is 5.38 Å². The highest BCUT2D eigenvalue weighted by molar-refractivity contribution is 6.20. The Balaban J connectivity index is 2.17. The van der Waals surface area contributed by atoms with Crippen LogP contribution in [0.1, 0.15) is 38.4 Å². The number of rotatable bonds is 7. The summed E-state index contributed by atoms with van der Waals surface area (Å²) in [7, 11) is 0. The van der Waals surface area contributed by atoms with Gasteiger partial charge in [-0.25, -0.2) is 4.98 Å². The smallest absolute Gasteiger partial charge is 0.127 e. The van der Waals surface area contributed by atoms with Gasteiger partial charge in [-0.1, -0.05) is 26.0 Å². The Bertz CT molecular complexity index is 544. The molecule has 0 N–H and O–H groups in total. The van der Waals surface area contributed by atoms with E-state index in [1.165, 1.54) is 5.52 Å². The molecule has 0 saturated carbocycles. The summed E-state index contributed by atoms with van der Waals surface area (Å²) in [6, 6.07) is 8.27. The van der Waals surface area contributed by atoms with Crippen LogP contribution in [0.25, 0.3) is 11.0 Å². The highest BCUT2D eigenvalue weighted by atomic mass is 35.5. The molecule has 20 heavy (non-hydrogen) atoms. The first-order valence-corrected chi connectivity index (χ1v) is 7.92. The van der Waals surface area contributed by atoms with Crippen LogP contribution < -0.4 is 0 Å². The second kappa shape index (κ2) is 7.09. The highest BCUT2D eigenvalue weighted by Crippen LogP contribution is 2.24. The van der Waals surface area contributed by atoms with Gasteiger partial charge in [-0.05, 0) is 45.1 Å². The third-order valence-electron chi connectivity index (χ3n) is 3.79. The van der Waals surface area contributed by atoms with E-state index in [9.17, 15) is 0 Å². The maximum atomic E-state index is 6.28. The number of benzene rings is 1. The first-order chi connectivity index (χ1) is 9.67. The van der Waals surface area contributed by atoms with Crippen molar-refractivity contribution in [3.63, 3.8) is 0 Å². The van der Waals surface area contributed by atoms with Crippen LogP contribution in [0.4, 0.5) is 0 Å². The third-order valence-corrected chi connectivity index (χ3v) is 3.99. The lowest BCUT2D eigenvalue weighted by Crippen LogP contribution is -2.25. The lowest BCUT2D eigenvalue weighted by Gasteiger charge is -2.18. The zero-order chi connectivity index (χ0) is 14.5. The third kappa shape index (κ3) is 3.33. The summed E-state index contributed by atoms with van der Waals surface area (Å²) in [6.07, 6.45) is 1.12. The largest absolute Gasteiger partial charge is 0.327 e. The van der Waals surface area contributed by atoms with E-state index in [0.717, 1.165) is 43.9 Å². The van der Waals surface area contributed by atoms with Crippen molar-refractivity contribution in [1.82, 2.24) is 14.5 Å². The molecule has 0 radical (unpaired) electrons. The minimum Gasteiger partial charge on any atom is -0.327 e. The van der Waals surface area contributed by atoms with Crippen LogP contribution >= 0.6 is 11.6 Å². The number of nitrogens with zero attached hydrogens (tertiary/aromatic N) is 3. The molecule has 1 atom stereocenters. The van der Waals surface area contributed by atoms with Crippen LogP contribution in [-0.2, 0) is 6.54 Å². The molecule has 0 fully saturated rings. The normalized spacial score (nSPS) is 13.2. The summed E-state index contributed by atoms with van der Waals surface area (Å²) in [5.41, 5.74) is 2.23. The van der Waals surface area contributed by atoms with Crippen molar-refractivity contribution in [1.29, 1.82) is 0 Å². The van der Waals surface area contributed by atoms with Gasteiger partial charge in [0.2, 0.25) is 0 Å². The van der Waals surface area contributed by atoms with E-state index < -0.39 is 0 Å². The zero-order valence-electron chi connectivity index (χ0n) is 12.6. The van der Waals surface area contributed by atoms with Gasteiger partial charge in [-0.15, -0.1) is 11.6 Å². The number of fused-ring (bicyclic) bond motifs is 1. The van der Waals surface area contributed by atoms with Crippen molar-refractivity contribution >= 4 is 22.6 Å². The summed E-state index contributed by atoms with van der Waals surface area (Å²) in [5.74, 6) is 0.979. The van der Waals surface area contributed by atoms with Crippen molar-refractivity contribution < 1.29 is 0 Å². The molecule has 1 unspecified atom stereocenters. The maximum absolute atomic E-state index is 6.28. The van der Waals surface area contributed by atoms with Crippen molar-refractivity contribution in [3.05, 3.63) is 30.1 Å². The van der Waals surface area contributed by atoms with Crippen LogP contribution in [0.5, 0.6) is 0 Å². The fourth-order valence-electron chi connectivity index (χ4n) is 2.63. The molecule has 3 nitrogen and oxygen atoms in total. The number of hydrogen-bond acceptors (Lipinski definition) is 2. The molecule has 4 heteroatoms. The molecule has 0 spiro atoms. The van der Waals surface area contributed by atoms with Crippen LogP contribution in [0, 0.1) is 0 Å². The SMILES string of the molecule is CCN(CC)CCCn1c(C(C)Cl)nc2ccccc21. The quantitative estimate of drug-likeness (QED) is 0.718. The summed E-state index contributed by atoms with van der Waals surface area (Å²) < 4.78 is 2.27. The van der Waals surface area contributed by atoms with Crippen molar-refractivity contribution in [2.24, 2.45) is 0 Å². The van der Waals surface area contributed by atoms with Gasteiger partial charge in [-0.2, -0.15) is 0 Å². The van der Waals surface area contributed by atoms with Gasteiger partial charge in [0.25, 0.3) is 0 Å². The van der Waals surface area contributed by atoms with E-state index in [1.807, 2.05) is 13.0 Å². The van der Waals surface area contributed by atoms with E-state index in [1.54, 1.807) is 0 Å². The minimum absolute atomic E-state index is 0.0594. The lowest BCUT2D eigenvalue weighted by molar-refractivity contribution is 0.293. The standard InChI is InChI=1S/C16H24ClN3/c1-4-19(5-2)11-8-12-20-15-10-7-6-9-14(15)18-16(20)13(3)17/h6-7,9-10,13H,4-5,8,11-12H2,1-3H3. The van der Waals surface area contributed by atoms with Crippen LogP contribution in [0.2, 0.25) is 0 Å². The molecular weight excluding hydrogens is 270 g/mol. The van der Waals surface area contributed by atoms with E-state index in [0.29, 0.717) is 0 Å². The molecule has 0 amide bonds. The van der Waals surface area contributed by atoms with Gasteiger partial charge in [0.05, 0.1) is 16.4 Å². The monoisotopic (exact) mass is 293 g/mol. The molecule has 0 aliphatic rings. The number of halogens is 1. The minimum atomic E-state index is -0.0594. The predicted molar refractivity (Wildman–Crippen MR) is 86.4 cm³/mol. The average Bonchev–Trinajstić information content (AvgIpc) is 2.83. The van der Waals surface area contributed by atoms with E-state index in [2.05, 4.69) is 46.5 Å². The highest BCUT2D eigenvalue weighted by Gasteiger charge is 2.14. The molecule has 2 aromatic rings. The number of alkyl halides is 1. The molecule has 0 saturated heterocycles. The Morgan fingerprint density at radius 2 is 1.95 bits per heavy atom. The number of aryl methyl sites for hydroxylation is 1. The Morgan fingerprint density at radius 1 is 1.25 bits per heavy atom. The Labute approximate surface area is 126 Å². The molecule has 1 heterocycles. The second-order valence-electron chi connectivity index (χ2n) is 5.11. The molecule has 110 valence electrons. The van der Waals surface area contributed by atoms with Gasteiger partial charge in [-0.3, -0.25) is 0 Å². The van der Waals surface area contributed by atoms with Gasteiger partial charge in [0, 0.05) is 6.54 Å². The lowest BCUT2D eigenvalue weighted by atomic mass is 10.3. The van der Waals surface area contributed by atoms with Gasteiger partial charge in [0.15, 0.2) is 0 Å². The number of aromatic nitrogens is 2. The summed E-state index contributed by atoms with van der Waals surface area (Å²) in [4.78, 5) is 7.12. The van der Waals surface area contributed by atoms with Gasteiger partial charge >= 0.3 is 0 Å². The fourth-order valence-corrected chi connectivity index (χ4v) is 2.79. The van der Waals surface area contributed by atoms with Crippen molar-refractivity contribution in [3.8, 4) is 0 Å². The Kier molecular flexibility index (Phi) is 5.44. The molecular formula is C16H24ClN3. The molecule has 1 aromatic heterocycles. The number of para-hydroxylation sites is 2. The first-order valence-electron chi connectivity index (χ1n) is 7.49. The molecule has 1 aromatic carbocycles. The topological polar surface area (TPSA) is 21.1 Å². The first kappa shape index (κ1) is 15.3. The summed E-state index contributed by atoms with van der Waals surface area (Å²) >= 11 is 6.28. The summed E-state index contributed by atoms with van der Waals surface area (Å²) in [5, 5.41) is -0.0594. The van der Waals surface area contributed by atoms with E-state index in [4.69, 9.17) is 11.6 Å². The molecule has 0 aliphatic heterocycles. The summed E-state index contributed by atoms with van der Waals surface area (Å²) in [6.45, 7) is 10.7. The van der Waals surface area contributed by atoms with Crippen LogP contribution in [0.3, 0.4) is 0 Å². The van der Waals surface area contributed by atoms with Gasteiger partial charge < -0.3 is 9.47 Å². The second-order valence-corrected chi connectivity index (χ2v) is 5.76. The molecule has 0 aliphatic carbocycles. The molecule has 2 rings (SSSR count). The number of imidazole rings is 1.